The van der Waals surface area contributed by atoms with Gasteiger partial charge in [0.15, 0.2) is 0 Å². The molecule has 2 heterocycles. The molecule has 1 unspecified atom stereocenters. The van der Waals surface area contributed by atoms with Gasteiger partial charge < -0.3 is 10.4 Å². The molecule has 2 rings (SSSR count). The lowest BCUT2D eigenvalue weighted by atomic mass is 10.2. The largest absolute Gasteiger partial charge is 0.477 e. The summed E-state index contributed by atoms with van der Waals surface area (Å²) in [6, 6.07) is 3.69. The minimum Gasteiger partial charge on any atom is -0.477 e. The highest BCUT2D eigenvalue weighted by Crippen LogP contribution is 2.23. The maximum absolute atomic E-state index is 11.9. The highest BCUT2D eigenvalue weighted by atomic mass is 32.1. The topological polar surface area (TPSA) is 79.3 Å². The third kappa shape index (κ3) is 4.12. The van der Waals surface area contributed by atoms with Gasteiger partial charge in [0.2, 0.25) is 5.91 Å². The van der Waals surface area contributed by atoms with Crippen LogP contribution in [0.2, 0.25) is 0 Å². The van der Waals surface area contributed by atoms with E-state index in [2.05, 4.69) is 10.3 Å². The second kappa shape index (κ2) is 6.82. The summed E-state index contributed by atoms with van der Waals surface area (Å²) in [4.78, 5) is 28.5. The number of aromatic carboxylic acids is 1. The molecule has 0 aliphatic heterocycles. The summed E-state index contributed by atoms with van der Waals surface area (Å²) in [7, 11) is 0. The summed E-state index contributed by atoms with van der Waals surface area (Å²) >= 11 is 2.74. The predicted molar refractivity (Wildman–Crippen MR) is 83.0 cm³/mol. The number of carbonyl (C=O) groups excluding carboxylic acids is 1. The van der Waals surface area contributed by atoms with E-state index >= 15 is 0 Å². The maximum atomic E-state index is 11.9. The van der Waals surface area contributed by atoms with Crippen LogP contribution in [-0.4, -0.2) is 22.0 Å². The van der Waals surface area contributed by atoms with E-state index in [-0.39, 0.29) is 16.8 Å². The summed E-state index contributed by atoms with van der Waals surface area (Å²) in [5.41, 5.74) is 0.488. The zero-order chi connectivity index (χ0) is 15.4. The summed E-state index contributed by atoms with van der Waals surface area (Å²) < 4.78 is 0. The van der Waals surface area contributed by atoms with Crippen LogP contribution in [0.3, 0.4) is 0 Å². The number of amides is 1. The molecule has 0 spiro atoms. The number of carbonyl (C=O) groups is 2. The Morgan fingerprint density at radius 3 is 2.81 bits per heavy atom. The van der Waals surface area contributed by atoms with E-state index in [0.717, 1.165) is 11.3 Å². The van der Waals surface area contributed by atoms with Gasteiger partial charge in [-0.2, -0.15) is 0 Å². The zero-order valence-electron chi connectivity index (χ0n) is 11.8. The van der Waals surface area contributed by atoms with E-state index in [1.165, 1.54) is 4.88 Å². The molecule has 112 valence electrons. The van der Waals surface area contributed by atoms with Gasteiger partial charge in [-0.05, 0) is 31.7 Å². The van der Waals surface area contributed by atoms with Crippen molar-refractivity contribution < 1.29 is 14.7 Å². The molecule has 1 amide bonds. The maximum Gasteiger partial charge on any atom is 0.347 e. The van der Waals surface area contributed by atoms with Crippen molar-refractivity contribution in [3.63, 3.8) is 0 Å². The summed E-state index contributed by atoms with van der Waals surface area (Å²) in [6.07, 6.45) is 1.13. The first-order valence-corrected chi connectivity index (χ1v) is 8.19. The number of thiophene rings is 1. The number of carboxylic acids is 1. The molecule has 2 N–H and O–H groups in total. The Balaban J connectivity index is 1.91. The van der Waals surface area contributed by atoms with Gasteiger partial charge in [-0.25, -0.2) is 9.78 Å². The predicted octanol–water partition coefficient (Wildman–Crippen LogP) is 3.02. The highest BCUT2D eigenvalue weighted by molar-refractivity contribution is 7.13. The fraction of sp³-hybridized carbons (Fsp3) is 0.357. The van der Waals surface area contributed by atoms with Gasteiger partial charge in [-0.1, -0.05) is 6.07 Å². The van der Waals surface area contributed by atoms with Crippen molar-refractivity contribution in [2.45, 2.75) is 32.7 Å². The lowest BCUT2D eigenvalue weighted by Crippen LogP contribution is -2.26. The molecule has 2 aromatic heterocycles. The Morgan fingerprint density at radius 2 is 2.24 bits per heavy atom. The second-order valence-corrected chi connectivity index (χ2v) is 6.70. The van der Waals surface area contributed by atoms with Gasteiger partial charge in [0.1, 0.15) is 9.88 Å². The van der Waals surface area contributed by atoms with Crippen LogP contribution in [0.5, 0.6) is 0 Å². The minimum absolute atomic E-state index is 0.0550. The van der Waals surface area contributed by atoms with E-state index in [0.29, 0.717) is 23.5 Å². The van der Waals surface area contributed by atoms with Gasteiger partial charge in [0.05, 0.1) is 11.7 Å². The molecule has 0 aromatic carbocycles. The van der Waals surface area contributed by atoms with Crippen molar-refractivity contribution in [1.29, 1.82) is 0 Å². The smallest absolute Gasteiger partial charge is 0.347 e. The van der Waals surface area contributed by atoms with Crippen LogP contribution >= 0.6 is 22.7 Å². The molecule has 0 radical (unpaired) electrons. The summed E-state index contributed by atoms with van der Waals surface area (Å²) in [5.74, 6) is -1.03. The van der Waals surface area contributed by atoms with E-state index in [1.807, 2.05) is 24.4 Å². The van der Waals surface area contributed by atoms with Crippen molar-refractivity contribution in [3.8, 4) is 0 Å². The van der Waals surface area contributed by atoms with Crippen LogP contribution in [0.25, 0.3) is 0 Å². The second-order valence-electron chi connectivity index (χ2n) is 4.64. The molecular formula is C14H16N2O3S2. The van der Waals surface area contributed by atoms with Crippen LogP contribution in [0.4, 0.5) is 0 Å². The molecular weight excluding hydrogens is 308 g/mol. The average molecular weight is 324 g/mol. The van der Waals surface area contributed by atoms with Crippen LogP contribution in [0.1, 0.15) is 44.6 Å². The minimum atomic E-state index is -0.979. The first-order valence-electron chi connectivity index (χ1n) is 6.49. The lowest BCUT2D eigenvalue weighted by Gasteiger charge is -2.10. The fourth-order valence-corrected chi connectivity index (χ4v) is 3.48. The number of thiazole rings is 1. The van der Waals surface area contributed by atoms with Crippen molar-refractivity contribution in [3.05, 3.63) is 38.0 Å². The first-order chi connectivity index (χ1) is 9.97. The van der Waals surface area contributed by atoms with Crippen LogP contribution in [0, 0.1) is 6.92 Å². The number of aryl methyl sites for hydroxylation is 2. The number of aromatic nitrogens is 1. The van der Waals surface area contributed by atoms with Gasteiger partial charge in [-0.15, -0.1) is 22.7 Å². The first kappa shape index (κ1) is 15.7. The molecule has 21 heavy (non-hydrogen) atoms. The molecule has 2 aromatic rings. The molecule has 0 fully saturated rings. The quantitative estimate of drug-likeness (QED) is 0.856. The van der Waals surface area contributed by atoms with E-state index < -0.39 is 5.97 Å². The monoisotopic (exact) mass is 324 g/mol. The zero-order valence-corrected chi connectivity index (χ0v) is 13.4. The third-order valence-corrected chi connectivity index (χ3v) is 5.20. The Hall–Kier alpha value is -1.73. The van der Waals surface area contributed by atoms with Gasteiger partial charge in [0.25, 0.3) is 0 Å². The highest BCUT2D eigenvalue weighted by Gasteiger charge is 2.19. The Bertz CT molecular complexity index is 635. The number of rotatable bonds is 6. The molecule has 0 aliphatic rings. The number of hydrogen-bond donors (Lipinski definition) is 2. The van der Waals surface area contributed by atoms with Crippen molar-refractivity contribution >= 4 is 34.6 Å². The van der Waals surface area contributed by atoms with Gasteiger partial charge in [0, 0.05) is 11.3 Å². The van der Waals surface area contributed by atoms with E-state index in [4.69, 9.17) is 5.11 Å². The van der Waals surface area contributed by atoms with Gasteiger partial charge in [-0.3, -0.25) is 4.79 Å². The standard InChI is InChI=1S/C14H16N2O3S2/c1-8-12(14(18)19)21-13(16-8)9(2)15-11(17)6-5-10-4-3-7-20-10/h3-4,7,9H,5-6H2,1-2H3,(H,15,17)(H,18,19). The van der Waals surface area contributed by atoms with Crippen molar-refractivity contribution in [2.75, 3.05) is 0 Å². The van der Waals surface area contributed by atoms with Gasteiger partial charge >= 0.3 is 5.97 Å². The Labute approximate surface area is 130 Å². The molecule has 0 aliphatic carbocycles. The Morgan fingerprint density at radius 1 is 1.48 bits per heavy atom. The summed E-state index contributed by atoms with van der Waals surface area (Å²) in [5, 5.41) is 14.5. The SMILES string of the molecule is Cc1nc(C(C)NC(=O)CCc2cccs2)sc1C(=O)O. The Kier molecular flexibility index (Phi) is 5.08. The third-order valence-electron chi connectivity index (χ3n) is 2.93. The number of carboxylic acid groups (broad SMARTS) is 1. The summed E-state index contributed by atoms with van der Waals surface area (Å²) in [6.45, 7) is 3.47. The van der Waals surface area contributed by atoms with E-state index in [1.54, 1.807) is 18.3 Å². The fourth-order valence-electron chi connectivity index (χ4n) is 1.87. The van der Waals surface area contributed by atoms with E-state index in [9.17, 15) is 9.59 Å². The van der Waals surface area contributed by atoms with Crippen LogP contribution in [-0.2, 0) is 11.2 Å². The molecule has 1 atom stereocenters. The number of hydrogen-bond acceptors (Lipinski definition) is 5. The number of nitrogens with one attached hydrogen (secondary N) is 1. The molecule has 0 saturated carbocycles. The number of nitrogens with zero attached hydrogens (tertiary/aromatic N) is 1. The lowest BCUT2D eigenvalue weighted by molar-refractivity contribution is -0.121. The molecule has 5 nitrogen and oxygen atoms in total. The van der Waals surface area contributed by atoms with Crippen molar-refractivity contribution in [1.82, 2.24) is 10.3 Å². The van der Waals surface area contributed by atoms with Crippen LogP contribution in [0.15, 0.2) is 17.5 Å². The normalized spacial score (nSPS) is 12.1. The van der Waals surface area contributed by atoms with Crippen molar-refractivity contribution in [2.24, 2.45) is 0 Å². The molecule has 7 heteroatoms. The average Bonchev–Trinajstić information content (AvgIpc) is 3.05. The molecule has 0 saturated heterocycles. The molecule has 0 bridgehead atoms. The van der Waals surface area contributed by atoms with Crippen LogP contribution < -0.4 is 5.32 Å².